The minimum absolute atomic E-state index is 0.0536. The summed E-state index contributed by atoms with van der Waals surface area (Å²) in [6, 6.07) is 6.04. The predicted octanol–water partition coefficient (Wildman–Crippen LogP) is 0.882. The van der Waals surface area contributed by atoms with Crippen molar-refractivity contribution >= 4 is 17.5 Å². The van der Waals surface area contributed by atoms with E-state index in [1.165, 1.54) is 12.1 Å². The number of likely N-dealkylation sites (tertiary alicyclic amines) is 1. The van der Waals surface area contributed by atoms with E-state index < -0.39 is 5.60 Å². The Morgan fingerprint density at radius 2 is 2.00 bits per heavy atom. The third-order valence-electron chi connectivity index (χ3n) is 5.72. The number of hydrogen-bond donors (Lipinski definition) is 0. The minimum Gasteiger partial charge on any atom is -0.379 e. The van der Waals surface area contributed by atoms with E-state index in [-0.39, 0.29) is 24.2 Å². The van der Waals surface area contributed by atoms with Crippen molar-refractivity contribution in [1.29, 1.82) is 0 Å². The molecule has 3 fully saturated rings. The summed E-state index contributed by atoms with van der Waals surface area (Å²) in [4.78, 5) is 30.7. The van der Waals surface area contributed by atoms with Gasteiger partial charge in [0.05, 0.1) is 32.8 Å². The molecule has 28 heavy (non-hydrogen) atoms. The molecule has 8 heteroatoms. The van der Waals surface area contributed by atoms with Gasteiger partial charge in [-0.1, -0.05) is 6.07 Å². The molecular formula is C20H26FN3O4. The second-order valence-corrected chi connectivity index (χ2v) is 7.74. The van der Waals surface area contributed by atoms with E-state index in [1.807, 2.05) is 4.90 Å². The highest BCUT2D eigenvalue weighted by atomic mass is 19.1. The van der Waals surface area contributed by atoms with Crippen molar-refractivity contribution in [1.82, 2.24) is 9.80 Å². The summed E-state index contributed by atoms with van der Waals surface area (Å²) in [5, 5.41) is 0. The zero-order chi connectivity index (χ0) is 19.6. The monoisotopic (exact) mass is 391 g/mol. The Kier molecular flexibility index (Phi) is 5.61. The van der Waals surface area contributed by atoms with Crippen LogP contribution in [0.15, 0.2) is 24.3 Å². The number of hydrogen-bond acceptors (Lipinski definition) is 5. The molecule has 1 atom stereocenters. The number of benzene rings is 1. The van der Waals surface area contributed by atoms with Crippen LogP contribution >= 0.6 is 0 Å². The molecule has 2 amide bonds. The molecular weight excluding hydrogens is 365 g/mol. The topological polar surface area (TPSA) is 62.3 Å². The van der Waals surface area contributed by atoms with E-state index in [9.17, 15) is 14.0 Å². The van der Waals surface area contributed by atoms with Gasteiger partial charge in [-0.2, -0.15) is 0 Å². The zero-order valence-electron chi connectivity index (χ0n) is 15.9. The largest absolute Gasteiger partial charge is 0.379 e. The third-order valence-corrected chi connectivity index (χ3v) is 5.72. The number of carbonyl (C=O) groups is 2. The van der Waals surface area contributed by atoms with Gasteiger partial charge in [0.25, 0.3) is 5.91 Å². The van der Waals surface area contributed by atoms with Crippen LogP contribution in [0.2, 0.25) is 0 Å². The maximum atomic E-state index is 13.6. The Morgan fingerprint density at radius 3 is 2.79 bits per heavy atom. The first-order chi connectivity index (χ1) is 13.5. The average molecular weight is 391 g/mol. The summed E-state index contributed by atoms with van der Waals surface area (Å²) in [6.07, 6.45) is 1.59. The summed E-state index contributed by atoms with van der Waals surface area (Å²) in [7, 11) is 0. The number of amides is 2. The van der Waals surface area contributed by atoms with Crippen LogP contribution in [0.1, 0.15) is 12.8 Å². The number of nitrogens with zero attached hydrogens (tertiary/aromatic N) is 3. The maximum absolute atomic E-state index is 13.6. The van der Waals surface area contributed by atoms with Gasteiger partial charge in [-0.15, -0.1) is 0 Å². The molecule has 3 heterocycles. The van der Waals surface area contributed by atoms with Crippen molar-refractivity contribution in [2.45, 2.75) is 18.4 Å². The van der Waals surface area contributed by atoms with Gasteiger partial charge in [0.15, 0.2) is 0 Å². The first-order valence-electron chi connectivity index (χ1n) is 9.82. The van der Waals surface area contributed by atoms with Crippen molar-refractivity contribution in [2.24, 2.45) is 0 Å². The van der Waals surface area contributed by atoms with Crippen molar-refractivity contribution in [3.8, 4) is 0 Å². The summed E-state index contributed by atoms with van der Waals surface area (Å²) < 4.78 is 24.9. The quantitative estimate of drug-likeness (QED) is 0.766. The number of carbonyl (C=O) groups excluding carboxylic acids is 2. The van der Waals surface area contributed by atoms with E-state index in [0.717, 1.165) is 25.9 Å². The van der Waals surface area contributed by atoms with Crippen LogP contribution in [-0.4, -0.2) is 86.3 Å². The Bertz CT molecular complexity index is 740. The highest BCUT2D eigenvalue weighted by Crippen LogP contribution is 2.32. The lowest BCUT2D eigenvalue weighted by atomic mass is 9.90. The Balaban J connectivity index is 1.44. The van der Waals surface area contributed by atoms with Crippen LogP contribution in [0, 0.1) is 5.82 Å². The fourth-order valence-electron chi connectivity index (χ4n) is 4.20. The molecule has 1 unspecified atom stereocenters. The van der Waals surface area contributed by atoms with E-state index in [2.05, 4.69) is 4.90 Å². The van der Waals surface area contributed by atoms with Crippen molar-refractivity contribution in [2.75, 3.05) is 64.0 Å². The highest BCUT2D eigenvalue weighted by molar-refractivity contribution is 5.95. The molecule has 152 valence electrons. The van der Waals surface area contributed by atoms with Crippen LogP contribution in [0.4, 0.5) is 10.1 Å². The normalized spacial score (nSPS) is 26.7. The van der Waals surface area contributed by atoms with Gasteiger partial charge in [0, 0.05) is 25.3 Å². The predicted molar refractivity (Wildman–Crippen MR) is 101 cm³/mol. The number of morpholine rings is 2. The van der Waals surface area contributed by atoms with E-state index in [4.69, 9.17) is 9.47 Å². The van der Waals surface area contributed by atoms with Gasteiger partial charge in [0.1, 0.15) is 18.0 Å². The summed E-state index contributed by atoms with van der Waals surface area (Å²) in [5.74, 6) is -0.483. The first-order valence-corrected chi connectivity index (χ1v) is 9.82. The van der Waals surface area contributed by atoms with E-state index in [0.29, 0.717) is 45.1 Å². The van der Waals surface area contributed by atoms with Gasteiger partial charge in [0.2, 0.25) is 5.91 Å². The SMILES string of the molecule is O=C(CN1CCOCC1)N1CCCC2(C1)CN(c1cccc(F)c1)C(=O)CO2. The summed E-state index contributed by atoms with van der Waals surface area (Å²) in [6.45, 7) is 4.66. The smallest absolute Gasteiger partial charge is 0.253 e. The fourth-order valence-corrected chi connectivity index (χ4v) is 4.20. The second kappa shape index (κ2) is 8.14. The zero-order valence-corrected chi connectivity index (χ0v) is 15.9. The van der Waals surface area contributed by atoms with Gasteiger partial charge in [-0.05, 0) is 31.0 Å². The highest BCUT2D eigenvalue weighted by Gasteiger charge is 2.44. The molecule has 0 radical (unpaired) electrons. The Labute approximate surface area is 164 Å². The molecule has 0 bridgehead atoms. The van der Waals surface area contributed by atoms with Crippen LogP contribution < -0.4 is 4.90 Å². The number of piperidine rings is 1. The Morgan fingerprint density at radius 1 is 1.18 bits per heavy atom. The van der Waals surface area contributed by atoms with E-state index >= 15 is 0 Å². The molecule has 0 N–H and O–H groups in total. The molecule has 3 aliphatic heterocycles. The molecule has 0 aliphatic carbocycles. The number of anilines is 1. The van der Waals surface area contributed by atoms with Gasteiger partial charge >= 0.3 is 0 Å². The molecule has 7 nitrogen and oxygen atoms in total. The minimum atomic E-state index is -0.598. The fraction of sp³-hybridized carbons (Fsp3) is 0.600. The molecule has 1 spiro atoms. The molecule has 1 aromatic rings. The van der Waals surface area contributed by atoms with Gasteiger partial charge in [-0.3, -0.25) is 14.5 Å². The van der Waals surface area contributed by atoms with Crippen LogP contribution in [0.25, 0.3) is 0 Å². The lowest BCUT2D eigenvalue weighted by Gasteiger charge is -2.48. The molecule has 1 aromatic carbocycles. The van der Waals surface area contributed by atoms with Crippen molar-refractivity contribution in [3.63, 3.8) is 0 Å². The average Bonchev–Trinajstić information content (AvgIpc) is 2.71. The summed E-state index contributed by atoms with van der Waals surface area (Å²) >= 11 is 0. The molecule has 0 aromatic heterocycles. The Hall–Kier alpha value is -2.03. The third kappa shape index (κ3) is 4.19. The lowest BCUT2D eigenvalue weighted by Crippen LogP contribution is -2.63. The van der Waals surface area contributed by atoms with Gasteiger partial charge < -0.3 is 19.3 Å². The summed E-state index contributed by atoms with van der Waals surface area (Å²) in [5.41, 5.74) is -0.0662. The number of ether oxygens (including phenoxy) is 2. The lowest BCUT2D eigenvalue weighted by molar-refractivity contribution is -0.154. The molecule has 0 saturated carbocycles. The van der Waals surface area contributed by atoms with Crippen molar-refractivity contribution < 1.29 is 23.5 Å². The van der Waals surface area contributed by atoms with Crippen LogP contribution in [0.5, 0.6) is 0 Å². The second-order valence-electron chi connectivity index (χ2n) is 7.74. The standard InChI is InChI=1S/C20H26FN3O4/c21-16-3-1-4-17(11-16)24-15-20(28-13-19(24)26)5-2-6-23(14-20)18(25)12-22-7-9-27-10-8-22/h1,3-4,11H,2,5-10,12-15H2. The van der Waals surface area contributed by atoms with Gasteiger partial charge in [-0.25, -0.2) is 4.39 Å². The van der Waals surface area contributed by atoms with E-state index in [1.54, 1.807) is 17.0 Å². The number of rotatable bonds is 3. The maximum Gasteiger partial charge on any atom is 0.253 e. The molecule has 3 saturated heterocycles. The molecule has 3 aliphatic rings. The van der Waals surface area contributed by atoms with Crippen molar-refractivity contribution in [3.05, 3.63) is 30.1 Å². The number of halogens is 1. The first kappa shape index (κ1) is 19.3. The van der Waals surface area contributed by atoms with Crippen LogP contribution in [0.3, 0.4) is 0 Å². The molecule has 4 rings (SSSR count). The van der Waals surface area contributed by atoms with Crippen LogP contribution in [-0.2, 0) is 19.1 Å².